The van der Waals surface area contributed by atoms with Crippen molar-refractivity contribution >= 4 is 17.6 Å². The summed E-state index contributed by atoms with van der Waals surface area (Å²) in [6, 6.07) is 4.98. The third-order valence-corrected chi connectivity index (χ3v) is 2.58. The molecule has 0 aromatic heterocycles. The topological polar surface area (TPSA) is 52.3 Å². The molecule has 0 bridgehead atoms. The van der Waals surface area contributed by atoms with Crippen molar-refractivity contribution in [2.75, 3.05) is 7.11 Å². The number of methoxy groups -OCH3 is 1. The SMILES string of the molecule is COC(=O)C(N)(c1ccccc1Cl)C(F)(F)F. The van der Waals surface area contributed by atoms with Gasteiger partial charge in [-0.3, -0.25) is 0 Å². The number of benzene rings is 1. The Morgan fingerprint density at radius 1 is 1.35 bits per heavy atom. The minimum Gasteiger partial charge on any atom is -0.467 e. The predicted molar refractivity (Wildman–Crippen MR) is 55.4 cm³/mol. The van der Waals surface area contributed by atoms with Crippen LogP contribution in [-0.4, -0.2) is 19.3 Å². The highest BCUT2D eigenvalue weighted by Crippen LogP contribution is 2.40. The van der Waals surface area contributed by atoms with Crippen LogP contribution < -0.4 is 5.73 Å². The van der Waals surface area contributed by atoms with Crippen LogP contribution in [0.3, 0.4) is 0 Å². The zero-order valence-corrected chi connectivity index (χ0v) is 9.47. The molecule has 1 aromatic carbocycles. The van der Waals surface area contributed by atoms with Crippen LogP contribution in [0.25, 0.3) is 0 Å². The number of nitrogens with two attached hydrogens (primary N) is 1. The second kappa shape index (κ2) is 4.54. The van der Waals surface area contributed by atoms with Gasteiger partial charge in [0.05, 0.1) is 7.11 Å². The number of halogens is 4. The van der Waals surface area contributed by atoms with Gasteiger partial charge in [0.2, 0.25) is 5.54 Å². The van der Waals surface area contributed by atoms with Gasteiger partial charge in [-0.25, -0.2) is 4.79 Å². The number of carbonyl (C=O) groups is 1. The Hall–Kier alpha value is -1.27. The fourth-order valence-corrected chi connectivity index (χ4v) is 1.61. The van der Waals surface area contributed by atoms with Crippen molar-refractivity contribution in [1.82, 2.24) is 0 Å². The minimum absolute atomic E-state index is 0.252. The predicted octanol–water partition coefficient (Wildman–Crippen LogP) is 2.23. The molecule has 1 atom stereocenters. The molecule has 1 unspecified atom stereocenters. The van der Waals surface area contributed by atoms with Crippen LogP contribution in [0.5, 0.6) is 0 Å². The molecule has 0 fully saturated rings. The number of alkyl halides is 3. The van der Waals surface area contributed by atoms with E-state index in [0.717, 1.165) is 13.2 Å². The molecule has 17 heavy (non-hydrogen) atoms. The lowest BCUT2D eigenvalue weighted by atomic mass is 9.90. The van der Waals surface area contributed by atoms with E-state index in [1.807, 2.05) is 0 Å². The first-order valence-corrected chi connectivity index (χ1v) is 4.82. The second-order valence-corrected chi connectivity index (χ2v) is 3.68. The zero-order valence-electron chi connectivity index (χ0n) is 8.72. The maximum atomic E-state index is 12.9. The average molecular weight is 268 g/mol. The molecule has 0 saturated carbocycles. The van der Waals surface area contributed by atoms with Crippen molar-refractivity contribution in [3.63, 3.8) is 0 Å². The summed E-state index contributed by atoms with van der Waals surface area (Å²) in [5.41, 5.74) is 1.36. The van der Waals surface area contributed by atoms with E-state index in [1.54, 1.807) is 0 Å². The molecule has 2 N–H and O–H groups in total. The van der Waals surface area contributed by atoms with Crippen LogP contribution in [0.2, 0.25) is 5.02 Å². The van der Waals surface area contributed by atoms with Gasteiger partial charge in [-0.05, 0) is 6.07 Å². The lowest BCUT2D eigenvalue weighted by molar-refractivity contribution is -0.206. The van der Waals surface area contributed by atoms with Gasteiger partial charge in [0.15, 0.2) is 0 Å². The van der Waals surface area contributed by atoms with Crippen LogP contribution >= 0.6 is 11.6 Å². The van der Waals surface area contributed by atoms with Gasteiger partial charge in [0.1, 0.15) is 0 Å². The molecule has 0 aliphatic carbocycles. The first kappa shape index (κ1) is 13.8. The maximum Gasteiger partial charge on any atom is 0.421 e. The number of ether oxygens (including phenoxy) is 1. The summed E-state index contributed by atoms with van der Waals surface area (Å²) < 4.78 is 42.9. The molecule has 3 nitrogen and oxygen atoms in total. The molecule has 0 spiro atoms. The van der Waals surface area contributed by atoms with Crippen LogP contribution in [0.15, 0.2) is 24.3 Å². The Morgan fingerprint density at radius 2 is 1.88 bits per heavy atom. The van der Waals surface area contributed by atoms with Gasteiger partial charge < -0.3 is 10.5 Å². The second-order valence-electron chi connectivity index (χ2n) is 3.28. The number of hydrogen-bond acceptors (Lipinski definition) is 3. The number of carbonyl (C=O) groups excluding carboxylic acids is 1. The Morgan fingerprint density at radius 3 is 2.29 bits per heavy atom. The third-order valence-electron chi connectivity index (χ3n) is 2.25. The fraction of sp³-hybridized carbons (Fsp3) is 0.300. The maximum absolute atomic E-state index is 12.9. The summed E-state index contributed by atoms with van der Waals surface area (Å²) in [5, 5.41) is -0.252. The molecule has 0 aliphatic heterocycles. The van der Waals surface area contributed by atoms with E-state index in [4.69, 9.17) is 17.3 Å². The van der Waals surface area contributed by atoms with E-state index in [2.05, 4.69) is 4.74 Å². The largest absolute Gasteiger partial charge is 0.467 e. The number of esters is 1. The molecule has 0 radical (unpaired) electrons. The van der Waals surface area contributed by atoms with Gasteiger partial charge in [-0.2, -0.15) is 13.2 Å². The summed E-state index contributed by atoms with van der Waals surface area (Å²) in [4.78, 5) is 11.3. The summed E-state index contributed by atoms with van der Waals surface area (Å²) >= 11 is 5.63. The van der Waals surface area contributed by atoms with Gasteiger partial charge in [-0.1, -0.05) is 29.8 Å². The Kier molecular flexibility index (Phi) is 3.68. The summed E-state index contributed by atoms with van der Waals surface area (Å²) in [6.07, 6.45) is -5.01. The Labute approximate surface area is 100 Å². The molecule has 94 valence electrons. The van der Waals surface area contributed by atoms with Crippen molar-refractivity contribution in [2.45, 2.75) is 11.7 Å². The Balaban J connectivity index is 3.46. The van der Waals surface area contributed by atoms with Crippen LogP contribution in [0.4, 0.5) is 13.2 Å². The monoisotopic (exact) mass is 267 g/mol. The van der Waals surface area contributed by atoms with Crippen LogP contribution in [0, 0.1) is 0 Å². The van der Waals surface area contributed by atoms with Crippen molar-refractivity contribution < 1.29 is 22.7 Å². The molecular formula is C10H9ClF3NO2. The lowest BCUT2D eigenvalue weighted by Crippen LogP contribution is -2.57. The van der Waals surface area contributed by atoms with Crippen LogP contribution in [-0.2, 0) is 15.1 Å². The molecule has 0 saturated heterocycles. The number of rotatable bonds is 2. The summed E-state index contributed by atoms with van der Waals surface area (Å²) in [6.45, 7) is 0. The van der Waals surface area contributed by atoms with Crippen molar-refractivity contribution in [3.05, 3.63) is 34.9 Å². The summed E-state index contributed by atoms with van der Waals surface area (Å²) in [7, 11) is 0.826. The third kappa shape index (κ3) is 2.23. The summed E-state index contributed by atoms with van der Waals surface area (Å²) in [5.74, 6) is -1.61. The highest BCUT2D eigenvalue weighted by atomic mass is 35.5. The highest BCUT2D eigenvalue weighted by molar-refractivity contribution is 6.31. The molecule has 0 amide bonds. The van der Waals surface area contributed by atoms with Crippen molar-refractivity contribution in [2.24, 2.45) is 5.73 Å². The molecular weight excluding hydrogens is 259 g/mol. The quantitative estimate of drug-likeness (QED) is 0.836. The molecule has 1 rings (SSSR count). The van der Waals surface area contributed by atoms with Crippen LogP contribution in [0.1, 0.15) is 5.56 Å². The van der Waals surface area contributed by atoms with E-state index in [0.29, 0.717) is 0 Å². The van der Waals surface area contributed by atoms with Crippen molar-refractivity contribution in [3.8, 4) is 0 Å². The minimum atomic E-state index is -5.01. The van der Waals surface area contributed by atoms with E-state index >= 15 is 0 Å². The number of hydrogen-bond donors (Lipinski definition) is 1. The molecule has 0 heterocycles. The molecule has 1 aromatic rings. The fourth-order valence-electron chi connectivity index (χ4n) is 1.32. The standard InChI is InChI=1S/C10H9ClF3NO2/c1-17-8(16)9(15,10(12,13)14)6-4-2-3-5-7(6)11/h2-5H,15H2,1H3. The molecule has 0 aliphatic rings. The molecule has 7 heteroatoms. The lowest BCUT2D eigenvalue weighted by Gasteiger charge is -2.29. The normalized spacial score (nSPS) is 15.2. The van der Waals surface area contributed by atoms with Gasteiger partial charge in [-0.15, -0.1) is 0 Å². The smallest absolute Gasteiger partial charge is 0.421 e. The Bertz CT molecular complexity index is 436. The van der Waals surface area contributed by atoms with E-state index in [-0.39, 0.29) is 5.02 Å². The van der Waals surface area contributed by atoms with Gasteiger partial charge in [0, 0.05) is 10.6 Å². The van der Waals surface area contributed by atoms with Gasteiger partial charge >= 0.3 is 12.1 Å². The first-order valence-electron chi connectivity index (χ1n) is 4.44. The van der Waals surface area contributed by atoms with E-state index < -0.39 is 23.2 Å². The first-order chi connectivity index (χ1) is 7.75. The van der Waals surface area contributed by atoms with Gasteiger partial charge in [0.25, 0.3) is 0 Å². The van der Waals surface area contributed by atoms with Crippen molar-refractivity contribution in [1.29, 1.82) is 0 Å². The zero-order chi connectivity index (χ0) is 13.3. The van der Waals surface area contributed by atoms with E-state index in [1.165, 1.54) is 18.2 Å². The average Bonchev–Trinajstić information content (AvgIpc) is 2.26. The van der Waals surface area contributed by atoms with E-state index in [9.17, 15) is 18.0 Å². The highest BCUT2D eigenvalue weighted by Gasteiger charge is 2.60.